The van der Waals surface area contributed by atoms with Crippen molar-refractivity contribution >= 4 is 23.2 Å². The summed E-state index contributed by atoms with van der Waals surface area (Å²) in [6.45, 7) is 3.85. The van der Waals surface area contributed by atoms with E-state index >= 15 is 0 Å². The van der Waals surface area contributed by atoms with Crippen LogP contribution in [0.4, 0.5) is 4.39 Å². The van der Waals surface area contributed by atoms with Gasteiger partial charge in [0.15, 0.2) is 6.61 Å². The van der Waals surface area contributed by atoms with Gasteiger partial charge in [-0.2, -0.15) is 0 Å². The monoisotopic (exact) mass is 335 g/mol. The van der Waals surface area contributed by atoms with E-state index in [-0.39, 0.29) is 18.3 Å². The first kappa shape index (κ1) is 17.1. The molecule has 1 amide bonds. The van der Waals surface area contributed by atoms with E-state index in [1.54, 1.807) is 18.2 Å². The van der Waals surface area contributed by atoms with Crippen LogP contribution in [0.5, 0.6) is 0 Å². The van der Waals surface area contributed by atoms with E-state index in [0.717, 1.165) is 15.3 Å². The molecule has 0 aliphatic rings. The van der Waals surface area contributed by atoms with Crippen molar-refractivity contribution in [1.82, 2.24) is 5.32 Å². The Morgan fingerprint density at radius 3 is 2.52 bits per heavy atom. The van der Waals surface area contributed by atoms with Crippen molar-refractivity contribution in [2.45, 2.75) is 20.3 Å². The number of ether oxygens (including phenoxy) is 1. The molecular weight excluding hydrogens is 317 g/mol. The van der Waals surface area contributed by atoms with Gasteiger partial charge >= 0.3 is 5.97 Å². The SMILES string of the molecule is Cc1cc(C(=O)OCC(=O)NCCc2ccc(F)cc2)c(C)s1. The molecule has 23 heavy (non-hydrogen) atoms. The highest BCUT2D eigenvalue weighted by Gasteiger charge is 2.14. The first-order valence-electron chi connectivity index (χ1n) is 7.21. The van der Waals surface area contributed by atoms with Crippen molar-refractivity contribution in [3.63, 3.8) is 0 Å². The smallest absolute Gasteiger partial charge is 0.339 e. The summed E-state index contributed by atoms with van der Waals surface area (Å²) >= 11 is 1.52. The summed E-state index contributed by atoms with van der Waals surface area (Å²) in [6, 6.07) is 7.86. The lowest BCUT2D eigenvalue weighted by atomic mass is 10.1. The predicted molar refractivity (Wildman–Crippen MR) is 87.2 cm³/mol. The highest BCUT2D eigenvalue weighted by atomic mass is 32.1. The zero-order chi connectivity index (χ0) is 16.8. The van der Waals surface area contributed by atoms with E-state index in [9.17, 15) is 14.0 Å². The third-order valence-corrected chi connectivity index (χ3v) is 4.21. The quantitative estimate of drug-likeness (QED) is 0.826. The van der Waals surface area contributed by atoms with E-state index in [4.69, 9.17) is 4.74 Å². The molecule has 2 rings (SSSR count). The molecule has 0 unspecified atom stereocenters. The van der Waals surface area contributed by atoms with E-state index in [0.29, 0.717) is 18.5 Å². The first-order valence-corrected chi connectivity index (χ1v) is 8.02. The van der Waals surface area contributed by atoms with Crippen LogP contribution in [0.3, 0.4) is 0 Å². The number of benzene rings is 1. The van der Waals surface area contributed by atoms with Gasteiger partial charge < -0.3 is 10.1 Å². The Bertz CT molecular complexity index is 694. The average molecular weight is 335 g/mol. The molecule has 0 fully saturated rings. The Morgan fingerprint density at radius 1 is 1.22 bits per heavy atom. The minimum atomic E-state index is -0.486. The van der Waals surface area contributed by atoms with Gasteiger partial charge in [0.1, 0.15) is 5.82 Å². The van der Waals surface area contributed by atoms with Crippen LogP contribution in [0, 0.1) is 19.7 Å². The van der Waals surface area contributed by atoms with Gasteiger partial charge in [-0.3, -0.25) is 4.79 Å². The normalized spacial score (nSPS) is 10.4. The molecule has 0 saturated carbocycles. The summed E-state index contributed by atoms with van der Waals surface area (Å²) < 4.78 is 17.8. The maximum absolute atomic E-state index is 12.8. The molecule has 4 nitrogen and oxygen atoms in total. The van der Waals surface area contributed by atoms with Gasteiger partial charge in [-0.1, -0.05) is 12.1 Å². The van der Waals surface area contributed by atoms with Gasteiger partial charge in [0.25, 0.3) is 5.91 Å². The van der Waals surface area contributed by atoms with Crippen LogP contribution in [-0.4, -0.2) is 25.0 Å². The number of amides is 1. The third kappa shape index (κ3) is 5.17. The molecule has 0 aliphatic carbocycles. The third-order valence-electron chi connectivity index (χ3n) is 3.24. The van der Waals surface area contributed by atoms with Crippen LogP contribution in [0.15, 0.2) is 30.3 Å². The second-order valence-electron chi connectivity index (χ2n) is 5.13. The Labute approximate surface area is 138 Å². The molecule has 1 aromatic heterocycles. The van der Waals surface area contributed by atoms with Crippen LogP contribution < -0.4 is 5.32 Å². The van der Waals surface area contributed by atoms with Crippen LogP contribution in [-0.2, 0) is 16.0 Å². The lowest BCUT2D eigenvalue weighted by Crippen LogP contribution is -2.30. The summed E-state index contributed by atoms with van der Waals surface area (Å²) in [5, 5.41) is 2.67. The second-order valence-corrected chi connectivity index (χ2v) is 6.59. The highest BCUT2D eigenvalue weighted by molar-refractivity contribution is 7.12. The van der Waals surface area contributed by atoms with E-state index < -0.39 is 5.97 Å². The predicted octanol–water partition coefficient (Wildman–Crippen LogP) is 3.02. The lowest BCUT2D eigenvalue weighted by molar-refractivity contribution is -0.124. The van der Waals surface area contributed by atoms with Gasteiger partial charge in [-0.05, 0) is 44.0 Å². The Kier molecular flexibility index (Phi) is 5.87. The summed E-state index contributed by atoms with van der Waals surface area (Å²) in [6.07, 6.45) is 0.586. The molecule has 0 bridgehead atoms. The topological polar surface area (TPSA) is 55.4 Å². The van der Waals surface area contributed by atoms with Crippen LogP contribution in [0.2, 0.25) is 0 Å². The Hall–Kier alpha value is -2.21. The van der Waals surface area contributed by atoms with Crippen molar-refractivity contribution in [3.8, 4) is 0 Å². The lowest BCUT2D eigenvalue weighted by Gasteiger charge is -2.06. The zero-order valence-corrected chi connectivity index (χ0v) is 13.8. The van der Waals surface area contributed by atoms with Crippen molar-refractivity contribution in [3.05, 3.63) is 57.0 Å². The minimum absolute atomic E-state index is 0.288. The molecule has 0 atom stereocenters. The fraction of sp³-hybridized carbons (Fsp3) is 0.294. The molecular formula is C17H18FNO3S. The number of carbonyl (C=O) groups is 2. The molecule has 0 spiro atoms. The number of rotatable bonds is 6. The summed E-state index contributed by atoms with van der Waals surface area (Å²) in [4.78, 5) is 25.5. The van der Waals surface area contributed by atoms with Gasteiger partial charge in [0, 0.05) is 16.3 Å². The second kappa shape index (κ2) is 7.87. The molecule has 1 N–H and O–H groups in total. The summed E-state index contributed by atoms with van der Waals surface area (Å²) in [5.74, 6) is -1.13. The molecule has 0 saturated heterocycles. The van der Waals surface area contributed by atoms with Crippen molar-refractivity contribution in [2.24, 2.45) is 0 Å². The highest BCUT2D eigenvalue weighted by Crippen LogP contribution is 2.21. The molecule has 0 radical (unpaired) electrons. The van der Waals surface area contributed by atoms with Crippen LogP contribution in [0.1, 0.15) is 25.7 Å². The van der Waals surface area contributed by atoms with Gasteiger partial charge in [-0.25, -0.2) is 9.18 Å². The van der Waals surface area contributed by atoms with Gasteiger partial charge in [0.2, 0.25) is 0 Å². The maximum atomic E-state index is 12.8. The maximum Gasteiger partial charge on any atom is 0.339 e. The Morgan fingerprint density at radius 2 is 1.91 bits per heavy atom. The number of esters is 1. The largest absolute Gasteiger partial charge is 0.452 e. The Balaban J connectivity index is 1.71. The molecule has 6 heteroatoms. The minimum Gasteiger partial charge on any atom is -0.452 e. The number of aryl methyl sites for hydroxylation is 2. The number of hydrogen-bond donors (Lipinski definition) is 1. The van der Waals surface area contributed by atoms with Crippen molar-refractivity contribution in [2.75, 3.05) is 13.2 Å². The van der Waals surface area contributed by atoms with E-state index in [1.807, 2.05) is 13.8 Å². The van der Waals surface area contributed by atoms with Crippen LogP contribution >= 0.6 is 11.3 Å². The van der Waals surface area contributed by atoms with Gasteiger partial charge in [-0.15, -0.1) is 11.3 Å². The number of carbonyl (C=O) groups excluding carboxylic acids is 2. The molecule has 1 aromatic carbocycles. The van der Waals surface area contributed by atoms with Gasteiger partial charge in [0.05, 0.1) is 5.56 Å². The van der Waals surface area contributed by atoms with E-state index in [1.165, 1.54) is 23.5 Å². The van der Waals surface area contributed by atoms with Crippen molar-refractivity contribution in [1.29, 1.82) is 0 Å². The fourth-order valence-electron chi connectivity index (χ4n) is 2.09. The van der Waals surface area contributed by atoms with Crippen LogP contribution in [0.25, 0.3) is 0 Å². The summed E-state index contributed by atoms with van der Waals surface area (Å²) in [7, 11) is 0. The molecule has 122 valence electrons. The summed E-state index contributed by atoms with van der Waals surface area (Å²) in [5.41, 5.74) is 1.43. The number of halogens is 1. The average Bonchev–Trinajstić information content (AvgIpc) is 2.85. The number of thiophene rings is 1. The standard InChI is InChI=1S/C17H18FNO3S/c1-11-9-15(12(2)23-11)17(21)22-10-16(20)19-8-7-13-3-5-14(18)6-4-13/h3-6,9H,7-8,10H2,1-2H3,(H,19,20). The first-order chi connectivity index (χ1) is 11.0. The molecule has 2 aromatic rings. The fourth-order valence-corrected chi connectivity index (χ4v) is 3.00. The van der Waals surface area contributed by atoms with Crippen molar-refractivity contribution < 1.29 is 18.7 Å². The molecule has 1 heterocycles. The zero-order valence-electron chi connectivity index (χ0n) is 13.0. The molecule has 0 aliphatic heterocycles. The van der Waals surface area contributed by atoms with E-state index in [2.05, 4.69) is 5.32 Å². The number of nitrogens with one attached hydrogen (secondary N) is 1. The number of hydrogen-bond acceptors (Lipinski definition) is 4.